The second-order valence-corrected chi connectivity index (χ2v) is 7.19. The lowest BCUT2D eigenvalue weighted by molar-refractivity contribution is 0.951. The summed E-state index contributed by atoms with van der Waals surface area (Å²) in [7, 11) is 0. The van der Waals surface area contributed by atoms with Gasteiger partial charge in [-0.2, -0.15) is 0 Å². The van der Waals surface area contributed by atoms with Crippen LogP contribution in [0.1, 0.15) is 35.4 Å². The van der Waals surface area contributed by atoms with Gasteiger partial charge in [0.1, 0.15) is 0 Å². The quantitative estimate of drug-likeness (QED) is 0.716. The summed E-state index contributed by atoms with van der Waals surface area (Å²) in [6, 6.07) is 6.06. The van der Waals surface area contributed by atoms with Crippen LogP contribution in [-0.2, 0) is 6.42 Å². The molecule has 4 rings (SSSR count). The normalized spacial score (nSPS) is 13.6. The van der Waals surface area contributed by atoms with Crippen molar-refractivity contribution in [1.29, 1.82) is 0 Å². The molecule has 0 amide bonds. The van der Waals surface area contributed by atoms with Gasteiger partial charge in [0, 0.05) is 17.4 Å². The number of aromatic amines is 1. The number of fused-ring (bicyclic) bond motifs is 1. The van der Waals surface area contributed by atoms with E-state index in [2.05, 4.69) is 49.5 Å². The summed E-state index contributed by atoms with van der Waals surface area (Å²) in [4.78, 5) is 29.0. The molecular formula is C22H23N5O. The minimum atomic E-state index is -0.136. The molecular weight excluding hydrogens is 350 g/mol. The van der Waals surface area contributed by atoms with Gasteiger partial charge in [-0.25, -0.2) is 15.0 Å². The topological polar surface area (TPSA) is 83.6 Å². The third kappa shape index (κ3) is 3.71. The monoisotopic (exact) mass is 373 g/mol. The molecule has 2 N–H and O–H groups in total. The Morgan fingerprint density at radius 1 is 1.07 bits per heavy atom. The highest BCUT2D eigenvalue weighted by Crippen LogP contribution is 2.20. The zero-order valence-corrected chi connectivity index (χ0v) is 16.3. The van der Waals surface area contributed by atoms with Crippen LogP contribution in [0, 0.1) is 20.8 Å². The molecule has 6 nitrogen and oxygen atoms in total. The number of benzene rings is 1. The zero-order valence-electron chi connectivity index (χ0n) is 16.3. The Kier molecular flexibility index (Phi) is 4.77. The van der Waals surface area contributed by atoms with Crippen molar-refractivity contribution in [2.75, 3.05) is 5.32 Å². The molecule has 142 valence electrons. The largest absolute Gasteiger partial charge is 0.294 e. The summed E-state index contributed by atoms with van der Waals surface area (Å²) in [6.07, 6.45) is 9.08. The van der Waals surface area contributed by atoms with Crippen molar-refractivity contribution in [3.63, 3.8) is 0 Å². The fourth-order valence-corrected chi connectivity index (χ4v) is 3.44. The summed E-state index contributed by atoms with van der Waals surface area (Å²) >= 11 is 0. The molecule has 6 heteroatoms. The first-order valence-corrected chi connectivity index (χ1v) is 9.47. The number of rotatable bonds is 4. The van der Waals surface area contributed by atoms with Gasteiger partial charge in [-0.3, -0.25) is 15.1 Å². The van der Waals surface area contributed by atoms with E-state index < -0.39 is 0 Å². The van der Waals surface area contributed by atoms with Crippen LogP contribution in [0.15, 0.2) is 46.8 Å². The number of aryl methyl sites for hydroxylation is 3. The van der Waals surface area contributed by atoms with Crippen LogP contribution in [0.25, 0.3) is 10.9 Å². The summed E-state index contributed by atoms with van der Waals surface area (Å²) in [6.45, 7) is 5.85. The highest BCUT2D eigenvalue weighted by Gasteiger charge is 2.12. The van der Waals surface area contributed by atoms with Crippen LogP contribution < -0.4 is 10.9 Å². The molecule has 0 fully saturated rings. The molecule has 0 spiro atoms. The van der Waals surface area contributed by atoms with Crippen molar-refractivity contribution in [1.82, 2.24) is 19.9 Å². The van der Waals surface area contributed by atoms with Crippen molar-refractivity contribution in [3.05, 3.63) is 74.9 Å². The van der Waals surface area contributed by atoms with Gasteiger partial charge in [0.15, 0.2) is 0 Å². The van der Waals surface area contributed by atoms with Crippen LogP contribution in [0.5, 0.6) is 0 Å². The minimum Gasteiger partial charge on any atom is -0.294 e. The molecule has 3 aromatic rings. The minimum absolute atomic E-state index is 0.136. The number of hydrogen-bond donors (Lipinski definition) is 2. The summed E-state index contributed by atoms with van der Waals surface area (Å²) in [5, 5.41) is 4.07. The Labute approximate surface area is 163 Å². The lowest BCUT2D eigenvalue weighted by Crippen LogP contribution is -2.19. The van der Waals surface area contributed by atoms with E-state index in [9.17, 15) is 4.79 Å². The maximum Gasteiger partial charge on any atom is 0.256 e. The van der Waals surface area contributed by atoms with Gasteiger partial charge in [-0.1, -0.05) is 29.9 Å². The molecule has 0 aliphatic heterocycles. The molecule has 0 saturated carbocycles. The number of H-pyrrole nitrogens is 1. The number of nitrogens with zero attached hydrogens (tertiary/aromatic N) is 3. The van der Waals surface area contributed by atoms with Gasteiger partial charge in [-0.15, -0.1) is 0 Å². The van der Waals surface area contributed by atoms with Crippen molar-refractivity contribution < 1.29 is 0 Å². The van der Waals surface area contributed by atoms with Gasteiger partial charge in [0.2, 0.25) is 11.9 Å². The molecule has 2 aromatic heterocycles. The van der Waals surface area contributed by atoms with E-state index >= 15 is 0 Å². The molecule has 1 aliphatic carbocycles. The number of hydrogen-bond acceptors (Lipinski definition) is 5. The first-order chi connectivity index (χ1) is 13.5. The first-order valence-electron chi connectivity index (χ1n) is 9.47. The summed E-state index contributed by atoms with van der Waals surface area (Å²) in [5.74, 6) is 0.771. The third-order valence-electron chi connectivity index (χ3n) is 4.95. The van der Waals surface area contributed by atoms with E-state index in [1.54, 1.807) is 0 Å². The van der Waals surface area contributed by atoms with Crippen LogP contribution in [0.2, 0.25) is 0 Å². The van der Waals surface area contributed by atoms with E-state index in [0.717, 1.165) is 35.0 Å². The molecule has 28 heavy (non-hydrogen) atoms. The molecule has 0 atom stereocenters. The molecule has 0 bridgehead atoms. The van der Waals surface area contributed by atoms with Crippen molar-refractivity contribution in [3.8, 4) is 0 Å². The fourth-order valence-electron chi connectivity index (χ4n) is 3.44. The number of nitrogens with one attached hydrogen (secondary N) is 2. The van der Waals surface area contributed by atoms with E-state index in [1.807, 2.05) is 32.9 Å². The van der Waals surface area contributed by atoms with Crippen LogP contribution >= 0.6 is 0 Å². The highest BCUT2D eigenvalue weighted by atomic mass is 16.1. The van der Waals surface area contributed by atoms with E-state index in [4.69, 9.17) is 0 Å². The first kappa shape index (κ1) is 18.1. The molecule has 2 heterocycles. The molecule has 1 aliphatic rings. The van der Waals surface area contributed by atoms with Crippen LogP contribution in [0.4, 0.5) is 11.9 Å². The summed E-state index contributed by atoms with van der Waals surface area (Å²) < 4.78 is 0. The van der Waals surface area contributed by atoms with Crippen molar-refractivity contribution in [2.45, 2.75) is 40.0 Å². The van der Waals surface area contributed by atoms with Crippen molar-refractivity contribution >= 4 is 22.8 Å². The van der Waals surface area contributed by atoms with E-state index in [-0.39, 0.29) is 5.56 Å². The number of aromatic nitrogens is 4. The molecule has 0 radical (unpaired) electrons. The van der Waals surface area contributed by atoms with E-state index in [0.29, 0.717) is 29.6 Å². The second kappa shape index (κ2) is 7.38. The predicted molar refractivity (Wildman–Crippen MR) is 112 cm³/mol. The Morgan fingerprint density at radius 3 is 2.68 bits per heavy atom. The van der Waals surface area contributed by atoms with Gasteiger partial charge in [-0.05, 0) is 51.3 Å². The van der Waals surface area contributed by atoms with Gasteiger partial charge in [0.05, 0.1) is 16.9 Å². The van der Waals surface area contributed by atoms with Crippen molar-refractivity contribution in [2.24, 2.45) is 0 Å². The third-order valence-corrected chi connectivity index (χ3v) is 4.95. The fraction of sp³-hybridized carbons (Fsp3) is 0.273. The Morgan fingerprint density at radius 2 is 1.93 bits per heavy atom. The Balaban J connectivity index is 1.63. The maximum atomic E-state index is 12.6. The predicted octanol–water partition coefficient (Wildman–Crippen LogP) is 4.20. The average Bonchev–Trinajstić information content (AvgIpc) is 2.66. The Hall–Kier alpha value is -3.28. The molecule has 1 aromatic carbocycles. The maximum absolute atomic E-state index is 12.6. The van der Waals surface area contributed by atoms with Crippen LogP contribution in [0.3, 0.4) is 0 Å². The van der Waals surface area contributed by atoms with E-state index in [1.165, 1.54) is 5.56 Å². The zero-order chi connectivity index (χ0) is 19.7. The van der Waals surface area contributed by atoms with Gasteiger partial charge in [0.25, 0.3) is 5.56 Å². The van der Waals surface area contributed by atoms with Gasteiger partial charge >= 0.3 is 0 Å². The number of anilines is 2. The second-order valence-electron chi connectivity index (χ2n) is 7.19. The Bertz CT molecular complexity index is 1170. The van der Waals surface area contributed by atoms with Gasteiger partial charge < -0.3 is 0 Å². The standard InChI is InChI=1S/C22H23N5O/c1-13-9-10-19-17(11-13)14(2)23-21(25-19)27-22-24-15(3)18(20(28)26-22)12-16-7-5-4-6-8-16/h5,7-11H,4,6,12H2,1-3H3,(H2,23,24,25,26,27,28). The average molecular weight is 373 g/mol. The molecule has 0 unspecified atom stereocenters. The lowest BCUT2D eigenvalue weighted by Gasteiger charge is -2.11. The smallest absolute Gasteiger partial charge is 0.256 e. The van der Waals surface area contributed by atoms with Crippen LogP contribution in [-0.4, -0.2) is 19.9 Å². The number of allylic oxidation sites excluding steroid dienone is 4. The summed E-state index contributed by atoms with van der Waals surface area (Å²) in [5.41, 5.74) is 5.32. The SMILES string of the molecule is Cc1ccc2nc(Nc3nc(C)c(CC4=CCCC=C4)c(=O)[nH]3)nc(C)c2c1. The molecule has 0 saturated heterocycles. The lowest BCUT2D eigenvalue weighted by atomic mass is 10.00. The highest BCUT2D eigenvalue weighted by molar-refractivity contribution is 5.82.